The van der Waals surface area contributed by atoms with Crippen LogP contribution in [0.25, 0.3) is 33.4 Å². The molecule has 3 heterocycles. The highest BCUT2D eigenvalue weighted by Gasteiger charge is 2.61. The zero-order chi connectivity index (χ0) is 57.6. The number of thioether (sulfide) groups is 1. The number of hydrogen-bond donors (Lipinski definition) is 0. The van der Waals surface area contributed by atoms with Crippen LogP contribution >= 0.6 is 11.8 Å². The molecular weight excluding hydrogens is 1010 g/mol. The van der Waals surface area contributed by atoms with Crippen molar-refractivity contribution < 1.29 is 0 Å². The lowest BCUT2D eigenvalue weighted by Gasteiger charge is -2.52. The van der Waals surface area contributed by atoms with E-state index in [9.17, 15) is 0 Å². The standard InChI is InChI=1S/C78H89BN2S/c1-71(2)32-35-74(7,8)57-45-61(52(42-54(57)71)49-28-22-18-23-29-49)80-63-47-59-56(73(5,6)34-37-76(59,11)12)44-60(63)79-67-64(80)40-51(48-26-20-17-21-27-48)41-65(67)81(70-68(79)66-69(82-70)78(15,16)39-38-77(66,13)14)62-46-58-55(72(3,4)33-36-75(58,9)10)43-53(62)50-30-24-19-25-31-50/h17-31,40-47,66,69H,32-39H2,1-16H3. The minimum atomic E-state index is -0.00223. The highest BCUT2D eigenvalue weighted by molar-refractivity contribution is 8.04. The van der Waals surface area contributed by atoms with E-state index < -0.39 is 0 Å². The van der Waals surface area contributed by atoms with Crippen LogP contribution in [0.4, 0.5) is 28.4 Å². The zero-order valence-corrected chi connectivity index (χ0v) is 53.3. The number of rotatable bonds is 5. The lowest BCUT2D eigenvalue weighted by Crippen LogP contribution is -2.59. The van der Waals surface area contributed by atoms with Crippen molar-refractivity contribution in [2.45, 2.75) is 200 Å². The molecule has 4 aliphatic carbocycles. The minimum Gasteiger partial charge on any atom is -0.311 e. The second kappa shape index (κ2) is 17.9. The Morgan fingerprint density at radius 1 is 0.354 bits per heavy atom. The minimum absolute atomic E-state index is 0.00223. The fourth-order valence-corrected chi connectivity index (χ4v) is 19.1. The molecule has 0 radical (unpaired) electrons. The van der Waals surface area contributed by atoms with Crippen LogP contribution < -0.4 is 20.7 Å². The van der Waals surface area contributed by atoms with Gasteiger partial charge < -0.3 is 9.80 Å². The van der Waals surface area contributed by atoms with Crippen LogP contribution in [-0.4, -0.2) is 12.0 Å². The predicted molar refractivity (Wildman–Crippen MR) is 356 cm³/mol. The summed E-state index contributed by atoms with van der Waals surface area (Å²) in [6.07, 6.45) is 9.43. The Balaban J connectivity index is 1.19. The van der Waals surface area contributed by atoms with Crippen molar-refractivity contribution in [2.75, 3.05) is 9.80 Å². The van der Waals surface area contributed by atoms with Crippen molar-refractivity contribution in [3.63, 3.8) is 0 Å². The molecule has 0 bridgehead atoms. The first kappa shape index (κ1) is 54.2. The summed E-state index contributed by atoms with van der Waals surface area (Å²) in [6.45, 7) is 40.8. The third-order valence-corrected chi connectivity index (χ3v) is 24.6. The molecule has 0 amide bonds. The number of anilines is 5. The van der Waals surface area contributed by atoms with Gasteiger partial charge in [0, 0.05) is 33.4 Å². The molecule has 0 saturated heterocycles. The summed E-state index contributed by atoms with van der Waals surface area (Å²) < 4.78 is 0. The summed E-state index contributed by atoms with van der Waals surface area (Å²) >= 11 is 2.25. The number of benzene rings is 7. The zero-order valence-electron chi connectivity index (χ0n) is 52.5. The summed E-state index contributed by atoms with van der Waals surface area (Å²) in [7, 11) is 0. The normalized spacial score (nSPS) is 23.8. The maximum atomic E-state index is 2.90. The highest BCUT2D eigenvalue weighted by atomic mass is 32.2. The quantitative estimate of drug-likeness (QED) is 0.159. The van der Waals surface area contributed by atoms with E-state index >= 15 is 0 Å². The van der Waals surface area contributed by atoms with E-state index in [1.165, 1.54) is 138 Å². The van der Waals surface area contributed by atoms with Gasteiger partial charge in [0.2, 0.25) is 6.71 Å². The summed E-state index contributed by atoms with van der Waals surface area (Å²) in [4.78, 5) is 5.75. The van der Waals surface area contributed by atoms with Crippen molar-refractivity contribution in [3.8, 4) is 33.4 Å². The van der Waals surface area contributed by atoms with E-state index in [-0.39, 0.29) is 50.0 Å². The molecule has 4 heteroatoms. The SMILES string of the molecule is CC1(C)CCC(C)(C)c2cc3c(cc21)B1C2=C(SC4C2C(C)(C)CCC4(C)C)N(c2cc4c(cc2-c2ccccc2)C(C)(C)CCC4(C)C)c2cc(-c4ccccc4)cc(c21)N3c1cc2c(cc1-c1ccccc1)C(C)(C)CCC2(C)C. The molecular formula is C78H89BN2S. The van der Waals surface area contributed by atoms with E-state index in [4.69, 9.17) is 0 Å². The van der Waals surface area contributed by atoms with E-state index in [0.717, 1.165) is 19.3 Å². The van der Waals surface area contributed by atoms with Gasteiger partial charge in [-0.2, -0.15) is 0 Å². The molecule has 1 fully saturated rings. The topological polar surface area (TPSA) is 6.48 Å². The molecule has 7 aliphatic rings. The third-order valence-electron chi connectivity index (χ3n) is 22.8. The fourth-order valence-electron chi connectivity index (χ4n) is 17.0. The Kier molecular flexibility index (Phi) is 11.9. The predicted octanol–water partition coefficient (Wildman–Crippen LogP) is 20.6. The van der Waals surface area contributed by atoms with Gasteiger partial charge in [-0.05, 0) is 210 Å². The van der Waals surface area contributed by atoms with Crippen molar-refractivity contribution in [3.05, 3.63) is 183 Å². The van der Waals surface area contributed by atoms with E-state index in [2.05, 4.69) is 272 Å². The van der Waals surface area contributed by atoms with Crippen molar-refractivity contribution in [1.29, 1.82) is 0 Å². The van der Waals surface area contributed by atoms with Gasteiger partial charge in [0.15, 0.2) is 0 Å². The van der Waals surface area contributed by atoms with Crippen molar-refractivity contribution >= 4 is 57.8 Å². The molecule has 0 N–H and O–H groups in total. The van der Waals surface area contributed by atoms with Crippen LogP contribution in [0, 0.1) is 16.7 Å². The Hall–Kier alpha value is -5.71. The van der Waals surface area contributed by atoms with Crippen LogP contribution in [0.15, 0.2) is 150 Å². The molecule has 0 spiro atoms. The Labute approximate surface area is 498 Å². The third kappa shape index (κ3) is 8.08. The molecule has 2 nitrogen and oxygen atoms in total. The molecule has 2 atom stereocenters. The largest absolute Gasteiger partial charge is 0.311 e. The van der Waals surface area contributed by atoms with Crippen LogP contribution in [-0.2, 0) is 32.5 Å². The smallest absolute Gasteiger partial charge is 0.248 e. The van der Waals surface area contributed by atoms with Crippen LogP contribution in [0.1, 0.15) is 196 Å². The number of allylic oxidation sites excluding steroid dienone is 1. The van der Waals surface area contributed by atoms with Gasteiger partial charge in [-0.15, -0.1) is 11.8 Å². The number of hydrogen-bond acceptors (Lipinski definition) is 3. The van der Waals surface area contributed by atoms with Gasteiger partial charge >= 0.3 is 0 Å². The second-order valence-electron chi connectivity index (χ2n) is 32.0. The van der Waals surface area contributed by atoms with E-state index in [1.54, 1.807) is 11.0 Å². The maximum Gasteiger partial charge on any atom is 0.248 e. The summed E-state index contributed by atoms with van der Waals surface area (Å²) in [5, 5.41) is 1.89. The second-order valence-corrected chi connectivity index (χ2v) is 33.1. The molecule has 2 unspecified atom stereocenters. The molecule has 7 aromatic carbocycles. The average molecular weight is 1100 g/mol. The highest BCUT2D eigenvalue weighted by Crippen LogP contribution is 2.67. The van der Waals surface area contributed by atoms with Crippen molar-refractivity contribution in [2.24, 2.45) is 16.7 Å². The number of fused-ring (bicyclic) bond motifs is 8. The van der Waals surface area contributed by atoms with Gasteiger partial charge in [-0.25, -0.2) is 0 Å². The number of nitrogens with zero attached hydrogens (tertiary/aromatic N) is 2. The van der Waals surface area contributed by atoms with E-state index in [0.29, 0.717) is 11.2 Å². The monoisotopic (exact) mass is 1100 g/mol. The molecule has 0 aromatic heterocycles. The van der Waals surface area contributed by atoms with Crippen LogP contribution in [0.3, 0.4) is 0 Å². The van der Waals surface area contributed by atoms with Gasteiger partial charge in [-0.1, -0.05) is 213 Å². The fraction of sp³-hybridized carbons (Fsp3) is 0.436. The first-order valence-corrected chi connectivity index (χ1v) is 32.4. The Morgan fingerprint density at radius 2 is 0.720 bits per heavy atom. The Bertz CT molecular complexity index is 3810. The summed E-state index contributed by atoms with van der Waals surface area (Å²) in [5.41, 5.74) is 28.4. The van der Waals surface area contributed by atoms with Gasteiger partial charge in [0.25, 0.3) is 0 Å². The van der Waals surface area contributed by atoms with Crippen LogP contribution in [0.5, 0.6) is 0 Å². The maximum absolute atomic E-state index is 2.90. The summed E-state index contributed by atoms with van der Waals surface area (Å²) in [6, 6.07) is 55.9. The molecule has 3 aliphatic heterocycles. The van der Waals surface area contributed by atoms with Crippen molar-refractivity contribution in [1.82, 2.24) is 0 Å². The Morgan fingerprint density at radius 3 is 1.17 bits per heavy atom. The molecule has 7 aromatic rings. The molecule has 420 valence electrons. The molecule has 82 heavy (non-hydrogen) atoms. The van der Waals surface area contributed by atoms with Crippen LogP contribution in [0.2, 0.25) is 0 Å². The first-order valence-electron chi connectivity index (χ1n) is 31.5. The average Bonchev–Trinajstić information content (AvgIpc) is 1.34. The summed E-state index contributed by atoms with van der Waals surface area (Å²) in [5.74, 6) is 0.360. The lowest BCUT2D eigenvalue weighted by atomic mass is 9.29. The first-order chi connectivity index (χ1) is 38.6. The molecule has 14 rings (SSSR count). The molecule has 1 saturated carbocycles. The van der Waals surface area contributed by atoms with Gasteiger partial charge in [0.05, 0.1) is 16.4 Å². The van der Waals surface area contributed by atoms with Gasteiger partial charge in [0.1, 0.15) is 0 Å². The lowest BCUT2D eigenvalue weighted by molar-refractivity contribution is 0.0926. The van der Waals surface area contributed by atoms with E-state index in [1.807, 2.05) is 0 Å². The van der Waals surface area contributed by atoms with Gasteiger partial charge in [-0.3, -0.25) is 0 Å².